The maximum absolute atomic E-state index is 12.3. The Hall–Kier alpha value is -7.34. The van der Waals surface area contributed by atoms with Crippen LogP contribution in [-0.4, -0.2) is 64.2 Å². The standard InChI is InChI=1S/C24H12O8.2C7H6N2/c25-21(26)13-8-7-11-10-5-1-3-9-4-2-6-12(14(9)10)16-15(11)17(13)19(23(29)30)20(24(31)32)18(16)22(27)28;2*1-2-4-7-6(3-1)8-5-9-7/h1-8H,(H,25,26)(H,27,28)(H,29,30)(H,31,32);2*1-5H,(H,8,9). The predicted molar refractivity (Wildman–Crippen MR) is 188 cm³/mol. The van der Waals surface area contributed by atoms with E-state index in [2.05, 4.69) is 19.9 Å². The van der Waals surface area contributed by atoms with Crippen LogP contribution in [0.1, 0.15) is 41.4 Å². The van der Waals surface area contributed by atoms with Crippen LogP contribution in [0, 0.1) is 0 Å². The number of aromatic carboxylic acids is 4. The molecule has 2 heterocycles. The zero-order valence-electron chi connectivity index (χ0n) is 25.7. The Morgan fingerprint density at radius 3 is 1.46 bits per heavy atom. The van der Waals surface area contributed by atoms with Crippen molar-refractivity contribution in [2.24, 2.45) is 0 Å². The summed E-state index contributed by atoms with van der Waals surface area (Å²) < 4.78 is 0. The van der Waals surface area contributed by atoms with Gasteiger partial charge in [0.15, 0.2) is 0 Å². The summed E-state index contributed by atoms with van der Waals surface area (Å²) in [6.07, 6.45) is 3.40. The fraction of sp³-hybridized carbons (Fsp3) is 0. The zero-order valence-corrected chi connectivity index (χ0v) is 25.7. The molecule has 0 saturated carbocycles. The number of aromatic amines is 2. The minimum absolute atomic E-state index is 0.00250. The van der Waals surface area contributed by atoms with Gasteiger partial charge in [0, 0.05) is 16.2 Å². The first kappa shape index (κ1) is 31.3. The average molecular weight is 665 g/mol. The van der Waals surface area contributed by atoms with E-state index in [0.717, 1.165) is 27.5 Å². The van der Waals surface area contributed by atoms with Gasteiger partial charge in [0.25, 0.3) is 0 Å². The number of para-hydroxylation sites is 4. The van der Waals surface area contributed by atoms with Crippen molar-refractivity contribution in [3.05, 3.63) is 132 Å². The lowest BCUT2D eigenvalue weighted by molar-refractivity contribution is 0.0635. The molecule has 0 fully saturated rings. The summed E-state index contributed by atoms with van der Waals surface area (Å²) in [5.41, 5.74) is 1.31. The molecule has 0 unspecified atom stereocenters. The number of fused-ring (bicyclic) bond motifs is 4. The van der Waals surface area contributed by atoms with Crippen LogP contribution in [0.3, 0.4) is 0 Å². The van der Waals surface area contributed by atoms with Gasteiger partial charge in [-0.1, -0.05) is 66.7 Å². The van der Waals surface area contributed by atoms with Gasteiger partial charge < -0.3 is 30.4 Å². The molecule has 0 amide bonds. The summed E-state index contributed by atoms with van der Waals surface area (Å²) >= 11 is 0. The Morgan fingerprint density at radius 1 is 0.440 bits per heavy atom. The monoisotopic (exact) mass is 664 g/mol. The Labute approximate surface area is 280 Å². The minimum atomic E-state index is -1.77. The van der Waals surface area contributed by atoms with Gasteiger partial charge >= 0.3 is 23.9 Å². The van der Waals surface area contributed by atoms with E-state index in [1.54, 1.807) is 36.9 Å². The minimum Gasteiger partial charge on any atom is -0.478 e. The molecule has 9 aromatic rings. The second-order valence-electron chi connectivity index (χ2n) is 11.2. The van der Waals surface area contributed by atoms with Crippen molar-refractivity contribution in [2.75, 3.05) is 0 Å². The number of carboxylic acids is 4. The van der Waals surface area contributed by atoms with E-state index in [9.17, 15) is 39.6 Å². The number of carbonyl (C=O) groups is 4. The number of aromatic nitrogens is 4. The first-order chi connectivity index (χ1) is 24.2. The second-order valence-corrected chi connectivity index (χ2v) is 11.2. The Balaban J connectivity index is 0.000000174. The number of hydrogen-bond acceptors (Lipinski definition) is 6. The van der Waals surface area contributed by atoms with Crippen molar-refractivity contribution in [3.63, 3.8) is 0 Å². The summed E-state index contributed by atoms with van der Waals surface area (Å²) in [6, 6.07) is 29.1. The predicted octanol–water partition coefficient (Wildman–Crippen LogP) is 7.66. The van der Waals surface area contributed by atoms with Crippen molar-refractivity contribution in [3.8, 4) is 0 Å². The van der Waals surface area contributed by atoms with E-state index < -0.39 is 46.1 Å². The molecule has 12 heteroatoms. The van der Waals surface area contributed by atoms with Crippen LogP contribution >= 0.6 is 0 Å². The summed E-state index contributed by atoms with van der Waals surface area (Å²) in [5, 5.41) is 42.3. The second kappa shape index (κ2) is 12.4. The van der Waals surface area contributed by atoms with E-state index in [1.807, 2.05) is 60.7 Å². The van der Waals surface area contributed by atoms with Crippen LogP contribution in [0.15, 0.2) is 110 Å². The van der Waals surface area contributed by atoms with E-state index in [0.29, 0.717) is 21.5 Å². The van der Waals surface area contributed by atoms with Crippen molar-refractivity contribution in [1.29, 1.82) is 0 Å². The molecular weight excluding hydrogens is 640 g/mol. The van der Waals surface area contributed by atoms with E-state index in [4.69, 9.17) is 0 Å². The van der Waals surface area contributed by atoms with Crippen molar-refractivity contribution in [2.45, 2.75) is 0 Å². The molecule has 0 aliphatic rings. The molecule has 6 N–H and O–H groups in total. The fourth-order valence-corrected chi connectivity index (χ4v) is 6.47. The Morgan fingerprint density at radius 2 is 0.940 bits per heavy atom. The number of H-pyrrole nitrogens is 2. The summed E-state index contributed by atoms with van der Waals surface area (Å²) in [5.74, 6) is -6.58. The number of nitrogens with one attached hydrogen (secondary N) is 2. The summed E-state index contributed by atoms with van der Waals surface area (Å²) in [7, 11) is 0. The number of hydrogen-bond donors (Lipinski definition) is 6. The molecular formula is C38H24N4O8. The van der Waals surface area contributed by atoms with Crippen molar-refractivity contribution in [1.82, 2.24) is 19.9 Å². The highest BCUT2D eigenvalue weighted by Gasteiger charge is 2.33. The maximum atomic E-state index is 12.3. The number of carboxylic acid groups (broad SMARTS) is 4. The number of imidazole rings is 2. The van der Waals surface area contributed by atoms with E-state index in [1.165, 1.54) is 12.1 Å². The van der Waals surface area contributed by atoms with Gasteiger partial charge in [-0.15, -0.1) is 0 Å². The van der Waals surface area contributed by atoms with Crippen LogP contribution in [0.5, 0.6) is 0 Å². The molecule has 0 spiro atoms. The summed E-state index contributed by atoms with van der Waals surface area (Å²) in [4.78, 5) is 62.8. The van der Waals surface area contributed by atoms with Crippen LogP contribution in [-0.2, 0) is 0 Å². The highest BCUT2D eigenvalue weighted by Crippen LogP contribution is 2.45. The summed E-state index contributed by atoms with van der Waals surface area (Å²) in [6.45, 7) is 0. The van der Waals surface area contributed by atoms with Gasteiger partial charge in [0.1, 0.15) is 0 Å². The van der Waals surface area contributed by atoms with Crippen LogP contribution in [0.4, 0.5) is 0 Å². The fourth-order valence-electron chi connectivity index (χ4n) is 6.47. The van der Waals surface area contributed by atoms with E-state index in [-0.39, 0.29) is 16.2 Å². The van der Waals surface area contributed by atoms with Crippen molar-refractivity contribution < 1.29 is 39.6 Å². The Bertz CT molecular complexity index is 2670. The molecule has 9 rings (SSSR count). The lowest BCUT2D eigenvalue weighted by Crippen LogP contribution is -2.18. The number of benzene rings is 7. The number of rotatable bonds is 4. The SMILES string of the molecule is O=C(O)c1c(C(=O)O)c2c(C(=O)O)ccc3c4cccc5cccc(c(c1C(=O)O)c23)c54.c1ccc2[nH]cnc2c1.c1ccc2[nH]cnc2c1. The van der Waals surface area contributed by atoms with Crippen LogP contribution in [0.2, 0.25) is 0 Å². The van der Waals surface area contributed by atoms with Gasteiger partial charge in [-0.2, -0.15) is 0 Å². The molecule has 12 nitrogen and oxygen atoms in total. The highest BCUT2D eigenvalue weighted by molar-refractivity contribution is 6.40. The molecule has 244 valence electrons. The molecule has 0 bridgehead atoms. The van der Waals surface area contributed by atoms with Gasteiger partial charge in [0.2, 0.25) is 0 Å². The lowest BCUT2D eigenvalue weighted by atomic mass is 9.81. The third-order valence-corrected chi connectivity index (χ3v) is 8.45. The molecule has 0 radical (unpaired) electrons. The van der Waals surface area contributed by atoms with Crippen LogP contribution < -0.4 is 0 Å². The average Bonchev–Trinajstić information content (AvgIpc) is 3.80. The zero-order chi connectivity index (χ0) is 35.1. The van der Waals surface area contributed by atoms with Crippen molar-refractivity contribution >= 4 is 89.0 Å². The maximum Gasteiger partial charge on any atom is 0.337 e. The van der Waals surface area contributed by atoms with Gasteiger partial charge in [-0.3, -0.25) is 0 Å². The van der Waals surface area contributed by atoms with Gasteiger partial charge in [0.05, 0.1) is 57.0 Å². The van der Waals surface area contributed by atoms with E-state index >= 15 is 0 Å². The third kappa shape index (κ3) is 5.13. The highest BCUT2D eigenvalue weighted by atomic mass is 16.4. The smallest absolute Gasteiger partial charge is 0.337 e. The first-order valence-corrected chi connectivity index (χ1v) is 15.1. The molecule has 0 aliphatic heterocycles. The lowest BCUT2D eigenvalue weighted by Gasteiger charge is -2.20. The van der Waals surface area contributed by atoms with Crippen LogP contribution in [0.25, 0.3) is 65.2 Å². The largest absolute Gasteiger partial charge is 0.478 e. The van der Waals surface area contributed by atoms with Gasteiger partial charge in [-0.25, -0.2) is 29.1 Å². The molecule has 0 saturated heterocycles. The third-order valence-electron chi connectivity index (χ3n) is 8.45. The van der Waals surface area contributed by atoms with Gasteiger partial charge in [-0.05, 0) is 57.3 Å². The topological polar surface area (TPSA) is 207 Å². The molecule has 2 aromatic heterocycles. The molecule has 0 aliphatic carbocycles. The Kier molecular flexibility index (Phi) is 7.73. The first-order valence-electron chi connectivity index (χ1n) is 15.1. The molecule has 50 heavy (non-hydrogen) atoms. The quantitative estimate of drug-likeness (QED) is 0.0800. The number of nitrogens with zero attached hydrogens (tertiary/aromatic N) is 2. The molecule has 0 atom stereocenters. The normalized spacial score (nSPS) is 11.0. The molecule has 7 aromatic carbocycles.